The van der Waals surface area contributed by atoms with Crippen LogP contribution in [-0.2, 0) is 11.2 Å². The van der Waals surface area contributed by atoms with Gasteiger partial charge in [-0.2, -0.15) is 0 Å². The number of rotatable bonds is 6. The summed E-state index contributed by atoms with van der Waals surface area (Å²) in [5, 5.41) is 0.314. The first-order valence-electron chi connectivity index (χ1n) is 8.62. The molecule has 0 aromatic carbocycles. The molecule has 1 saturated heterocycles. The Kier molecular flexibility index (Phi) is 6.69. The zero-order chi connectivity index (χ0) is 16.8. The summed E-state index contributed by atoms with van der Waals surface area (Å²) in [6, 6.07) is 1.90. The molecular formula is C17H27N3O2S. The number of aromatic amines is 1. The zero-order valence-electron chi connectivity index (χ0n) is 14.3. The normalized spacial score (nSPS) is 19.6. The molecular weight excluding hydrogens is 310 g/mol. The number of nitrogens with zero attached hydrogens (tertiary/aromatic N) is 2. The number of H-pyrrole nitrogens is 1. The number of carbonyl (C=O) groups excluding carboxylic acids is 1. The van der Waals surface area contributed by atoms with Gasteiger partial charge in [0.05, 0.1) is 5.25 Å². The van der Waals surface area contributed by atoms with Crippen LogP contribution < -0.4 is 5.56 Å². The SMILES string of the molecule is CCCc1cc(=O)[nH]c(SC(C)C(=O)N2CCCCC2CC)n1. The topological polar surface area (TPSA) is 66.1 Å². The minimum Gasteiger partial charge on any atom is -0.339 e. The van der Waals surface area contributed by atoms with Gasteiger partial charge in [-0.15, -0.1) is 0 Å². The van der Waals surface area contributed by atoms with E-state index < -0.39 is 0 Å². The third kappa shape index (κ3) is 4.83. The van der Waals surface area contributed by atoms with Crippen LogP contribution in [0.2, 0.25) is 0 Å². The van der Waals surface area contributed by atoms with Crippen LogP contribution in [-0.4, -0.2) is 38.6 Å². The summed E-state index contributed by atoms with van der Waals surface area (Å²) in [5.74, 6) is 0.157. The standard InChI is InChI=1S/C17H27N3O2S/c1-4-8-13-11-15(21)19-17(18-13)23-12(3)16(22)20-10-7-6-9-14(20)5-2/h11-12,14H,4-10H2,1-3H3,(H,18,19,21). The number of piperidine rings is 1. The van der Waals surface area contributed by atoms with Gasteiger partial charge in [-0.1, -0.05) is 32.0 Å². The molecule has 0 aliphatic carbocycles. The Morgan fingerprint density at radius 1 is 1.48 bits per heavy atom. The van der Waals surface area contributed by atoms with E-state index in [1.165, 1.54) is 24.2 Å². The molecule has 1 aromatic heterocycles. The minimum absolute atomic E-state index is 0.144. The number of hydrogen-bond acceptors (Lipinski definition) is 4. The molecule has 2 unspecified atom stereocenters. The predicted octanol–water partition coefficient (Wildman–Crippen LogP) is 2.99. The number of likely N-dealkylation sites (tertiary alicyclic amines) is 1. The van der Waals surface area contributed by atoms with Crippen molar-refractivity contribution in [3.05, 3.63) is 22.1 Å². The smallest absolute Gasteiger partial charge is 0.251 e. The van der Waals surface area contributed by atoms with E-state index in [0.717, 1.165) is 44.3 Å². The lowest BCUT2D eigenvalue weighted by Gasteiger charge is -2.36. The van der Waals surface area contributed by atoms with E-state index in [0.29, 0.717) is 11.2 Å². The Bertz CT molecular complexity index is 587. The van der Waals surface area contributed by atoms with E-state index in [1.54, 1.807) is 0 Å². The van der Waals surface area contributed by atoms with Crippen molar-refractivity contribution in [3.8, 4) is 0 Å². The zero-order valence-corrected chi connectivity index (χ0v) is 15.1. The van der Waals surface area contributed by atoms with Crippen LogP contribution in [0.15, 0.2) is 16.0 Å². The van der Waals surface area contributed by atoms with Crippen LogP contribution in [0.25, 0.3) is 0 Å². The molecule has 5 nitrogen and oxygen atoms in total. The molecule has 1 N–H and O–H groups in total. The molecule has 1 amide bonds. The Morgan fingerprint density at radius 3 is 2.96 bits per heavy atom. The Hall–Kier alpha value is -1.30. The maximum absolute atomic E-state index is 12.8. The van der Waals surface area contributed by atoms with E-state index in [4.69, 9.17) is 0 Å². The van der Waals surface area contributed by atoms with Crippen LogP contribution in [0.1, 0.15) is 58.6 Å². The van der Waals surface area contributed by atoms with Gasteiger partial charge in [0.1, 0.15) is 0 Å². The van der Waals surface area contributed by atoms with Crippen LogP contribution in [0.4, 0.5) is 0 Å². The lowest BCUT2D eigenvalue weighted by molar-refractivity contribution is -0.134. The first-order valence-corrected chi connectivity index (χ1v) is 9.50. The van der Waals surface area contributed by atoms with Crippen molar-refractivity contribution >= 4 is 17.7 Å². The van der Waals surface area contributed by atoms with E-state index in [1.807, 2.05) is 11.8 Å². The monoisotopic (exact) mass is 337 g/mol. The number of aryl methyl sites for hydroxylation is 1. The number of thioether (sulfide) groups is 1. The molecule has 2 heterocycles. The second-order valence-corrected chi connectivity index (χ2v) is 7.47. The molecule has 1 aliphatic rings. The number of amides is 1. The molecule has 1 aromatic rings. The number of nitrogens with one attached hydrogen (secondary N) is 1. The van der Waals surface area contributed by atoms with Crippen molar-refractivity contribution < 1.29 is 4.79 Å². The van der Waals surface area contributed by atoms with Crippen molar-refractivity contribution in [3.63, 3.8) is 0 Å². The molecule has 0 saturated carbocycles. The summed E-state index contributed by atoms with van der Waals surface area (Å²) in [5.41, 5.74) is 0.651. The molecule has 0 spiro atoms. The Balaban J connectivity index is 2.07. The van der Waals surface area contributed by atoms with Crippen molar-refractivity contribution in [2.45, 2.75) is 75.7 Å². The molecule has 2 atom stereocenters. The van der Waals surface area contributed by atoms with Crippen molar-refractivity contribution in [1.29, 1.82) is 0 Å². The van der Waals surface area contributed by atoms with Crippen LogP contribution in [0.3, 0.4) is 0 Å². The minimum atomic E-state index is -0.234. The fourth-order valence-electron chi connectivity index (χ4n) is 3.09. The van der Waals surface area contributed by atoms with Crippen molar-refractivity contribution in [1.82, 2.24) is 14.9 Å². The fraction of sp³-hybridized carbons (Fsp3) is 0.706. The van der Waals surface area contributed by atoms with E-state index in [-0.39, 0.29) is 16.7 Å². The van der Waals surface area contributed by atoms with Gasteiger partial charge in [0.15, 0.2) is 5.16 Å². The summed E-state index contributed by atoms with van der Waals surface area (Å²) < 4.78 is 0. The summed E-state index contributed by atoms with van der Waals surface area (Å²) in [4.78, 5) is 33.7. The van der Waals surface area contributed by atoms with Crippen LogP contribution in [0.5, 0.6) is 0 Å². The number of carbonyl (C=O) groups is 1. The third-order valence-corrected chi connectivity index (χ3v) is 5.27. The quantitative estimate of drug-likeness (QED) is 0.640. The van der Waals surface area contributed by atoms with Gasteiger partial charge in [0.25, 0.3) is 5.56 Å². The lowest BCUT2D eigenvalue weighted by atomic mass is 10.00. The summed E-state index contributed by atoms with van der Waals surface area (Å²) in [6.07, 6.45) is 6.12. The highest BCUT2D eigenvalue weighted by Gasteiger charge is 2.29. The number of hydrogen-bond donors (Lipinski definition) is 1. The van der Waals surface area contributed by atoms with Gasteiger partial charge in [0.2, 0.25) is 5.91 Å². The summed E-state index contributed by atoms with van der Waals surface area (Å²) in [7, 11) is 0. The van der Waals surface area contributed by atoms with E-state index >= 15 is 0 Å². The van der Waals surface area contributed by atoms with Crippen LogP contribution in [0, 0.1) is 0 Å². The first kappa shape index (κ1) is 18.0. The average Bonchev–Trinajstić information content (AvgIpc) is 2.53. The molecule has 0 radical (unpaired) electrons. The molecule has 2 rings (SSSR count). The molecule has 0 bridgehead atoms. The first-order chi connectivity index (χ1) is 11.0. The van der Waals surface area contributed by atoms with Gasteiger partial charge in [-0.25, -0.2) is 4.98 Å². The predicted molar refractivity (Wildman–Crippen MR) is 93.8 cm³/mol. The van der Waals surface area contributed by atoms with Gasteiger partial charge in [-0.3, -0.25) is 9.59 Å². The molecule has 1 aliphatic heterocycles. The average molecular weight is 337 g/mol. The maximum atomic E-state index is 12.8. The van der Waals surface area contributed by atoms with Gasteiger partial charge in [0, 0.05) is 24.3 Å². The number of aromatic nitrogens is 2. The Morgan fingerprint density at radius 2 is 2.26 bits per heavy atom. The van der Waals surface area contributed by atoms with E-state index in [9.17, 15) is 9.59 Å². The molecule has 1 fully saturated rings. The Labute approximate surface area is 142 Å². The molecule has 23 heavy (non-hydrogen) atoms. The second kappa shape index (κ2) is 8.52. The second-order valence-electron chi connectivity index (χ2n) is 6.14. The van der Waals surface area contributed by atoms with Crippen molar-refractivity contribution in [2.75, 3.05) is 6.54 Å². The van der Waals surface area contributed by atoms with Gasteiger partial charge < -0.3 is 9.88 Å². The lowest BCUT2D eigenvalue weighted by Crippen LogP contribution is -2.46. The highest BCUT2D eigenvalue weighted by atomic mass is 32.2. The van der Waals surface area contributed by atoms with Crippen molar-refractivity contribution in [2.24, 2.45) is 0 Å². The molecule has 6 heteroatoms. The third-order valence-electron chi connectivity index (χ3n) is 4.30. The van der Waals surface area contributed by atoms with E-state index in [2.05, 4.69) is 23.8 Å². The highest BCUT2D eigenvalue weighted by Crippen LogP contribution is 2.25. The van der Waals surface area contributed by atoms with Gasteiger partial charge >= 0.3 is 0 Å². The highest BCUT2D eigenvalue weighted by molar-refractivity contribution is 8.00. The molecule has 128 valence electrons. The maximum Gasteiger partial charge on any atom is 0.251 e. The summed E-state index contributed by atoms with van der Waals surface area (Å²) >= 11 is 1.35. The largest absolute Gasteiger partial charge is 0.339 e. The van der Waals surface area contributed by atoms with Gasteiger partial charge in [-0.05, 0) is 39.0 Å². The van der Waals surface area contributed by atoms with Crippen LogP contribution >= 0.6 is 11.8 Å². The fourth-order valence-corrected chi connectivity index (χ4v) is 3.99. The summed E-state index contributed by atoms with van der Waals surface area (Å²) in [6.45, 7) is 6.95.